The number of carbonyl (C=O) groups is 2. The molecule has 2 N–H and O–H groups in total. The fourth-order valence-electron chi connectivity index (χ4n) is 2.27. The van der Waals surface area contributed by atoms with E-state index in [4.69, 9.17) is 34.8 Å². The second-order valence-corrected chi connectivity index (χ2v) is 7.73. The van der Waals surface area contributed by atoms with Crippen LogP contribution in [-0.4, -0.2) is 16.1 Å². The molecule has 3 rings (SSSR count). The van der Waals surface area contributed by atoms with Crippen molar-refractivity contribution >= 4 is 58.0 Å². The summed E-state index contributed by atoms with van der Waals surface area (Å²) < 4.78 is 25.8. The maximum Gasteiger partial charge on any atom is 0.257 e. The van der Waals surface area contributed by atoms with Crippen LogP contribution in [0.4, 0.5) is 20.2 Å². The molecule has 2 amide bonds. The molecule has 1 atom stereocenters. The van der Waals surface area contributed by atoms with Crippen molar-refractivity contribution in [3.05, 3.63) is 58.6 Å². The molecule has 1 aliphatic carbocycles. The molecule has 2 aromatic rings. The molecule has 0 bridgehead atoms. The molecule has 0 aliphatic heterocycles. The highest BCUT2D eigenvalue weighted by molar-refractivity contribution is 6.52. The van der Waals surface area contributed by atoms with E-state index in [1.54, 1.807) is 0 Å². The molecule has 1 unspecified atom stereocenters. The van der Waals surface area contributed by atoms with E-state index in [-0.39, 0.29) is 22.7 Å². The lowest BCUT2D eigenvalue weighted by Crippen LogP contribution is -2.19. The van der Waals surface area contributed by atoms with Gasteiger partial charge in [-0.1, -0.05) is 11.6 Å². The Bertz CT molecular complexity index is 888. The number of halogens is 5. The van der Waals surface area contributed by atoms with Crippen LogP contribution in [0.1, 0.15) is 16.8 Å². The van der Waals surface area contributed by atoms with Gasteiger partial charge in [0.1, 0.15) is 16.0 Å². The molecule has 0 saturated heterocycles. The highest BCUT2D eigenvalue weighted by Crippen LogP contribution is 2.53. The van der Waals surface area contributed by atoms with Crippen molar-refractivity contribution in [3.8, 4) is 0 Å². The minimum absolute atomic E-state index is 0.0634. The number of hydrogen-bond acceptors (Lipinski definition) is 2. The Balaban J connectivity index is 1.79. The number of amides is 2. The number of nitrogens with one attached hydrogen (secondary N) is 2. The molecule has 0 spiro atoms. The number of carbonyl (C=O) groups excluding carboxylic acids is 2. The molecule has 9 heteroatoms. The molecule has 0 aromatic heterocycles. The van der Waals surface area contributed by atoms with E-state index in [1.165, 1.54) is 24.3 Å². The minimum atomic E-state index is -1.16. The lowest BCUT2D eigenvalue weighted by molar-refractivity contribution is -0.117. The molecular formula is C17H11Cl3F2N2O2. The Morgan fingerprint density at radius 1 is 1.08 bits per heavy atom. The Labute approximate surface area is 162 Å². The first kappa shape index (κ1) is 18.9. The first-order valence-corrected chi connectivity index (χ1v) is 8.55. The van der Waals surface area contributed by atoms with Crippen LogP contribution in [0.3, 0.4) is 0 Å². The summed E-state index contributed by atoms with van der Waals surface area (Å²) in [4.78, 5) is 24.4. The predicted octanol–water partition coefficient (Wildman–Crippen LogP) is 5.00. The Morgan fingerprint density at radius 2 is 1.69 bits per heavy atom. The Morgan fingerprint density at radius 3 is 2.27 bits per heavy atom. The summed E-state index contributed by atoms with van der Waals surface area (Å²) in [7, 11) is 0. The Kier molecular flexibility index (Phi) is 5.10. The standard InChI is InChI=1S/C17H11Cl3F2N2O2/c18-12-6-13(22)14(24-16(26)11-7-17(11,19)20)5-10(12)15(25)23-9-3-1-8(21)2-4-9/h1-6,11H,7H2,(H,23,25)(H,24,26). The first-order valence-electron chi connectivity index (χ1n) is 7.42. The van der Waals surface area contributed by atoms with Gasteiger partial charge >= 0.3 is 0 Å². The fourth-order valence-corrected chi connectivity index (χ4v) is 3.01. The van der Waals surface area contributed by atoms with Crippen molar-refractivity contribution in [3.63, 3.8) is 0 Å². The quantitative estimate of drug-likeness (QED) is 0.685. The van der Waals surface area contributed by atoms with Gasteiger partial charge in [-0.3, -0.25) is 9.59 Å². The van der Waals surface area contributed by atoms with Crippen LogP contribution in [0, 0.1) is 17.6 Å². The normalized spacial score (nSPS) is 17.5. The van der Waals surface area contributed by atoms with Crippen LogP contribution in [-0.2, 0) is 4.79 Å². The first-order chi connectivity index (χ1) is 12.2. The zero-order valence-electron chi connectivity index (χ0n) is 13.0. The zero-order valence-corrected chi connectivity index (χ0v) is 15.2. The second-order valence-electron chi connectivity index (χ2n) is 5.78. The summed E-state index contributed by atoms with van der Waals surface area (Å²) in [5.74, 6) is -3.12. The number of rotatable bonds is 4. The van der Waals surface area contributed by atoms with Gasteiger partial charge in [0.15, 0.2) is 0 Å². The largest absolute Gasteiger partial charge is 0.323 e. The van der Waals surface area contributed by atoms with Crippen molar-refractivity contribution in [1.82, 2.24) is 0 Å². The van der Waals surface area contributed by atoms with E-state index in [2.05, 4.69) is 10.6 Å². The average Bonchev–Trinajstić information content (AvgIpc) is 3.21. The molecule has 0 radical (unpaired) electrons. The van der Waals surface area contributed by atoms with Crippen LogP contribution in [0.2, 0.25) is 5.02 Å². The zero-order chi connectivity index (χ0) is 19.1. The van der Waals surface area contributed by atoms with Gasteiger partial charge in [-0.25, -0.2) is 8.78 Å². The third-order valence-corrected chi connectivity index (χ3v) is 4.95. The van der Waals surface area contributed by atoms with E-state index < -0.39 is 33.7 Å². The smallest absolute Gasteiger partial charge is 0.257 e. The van der Waals surface area contributed by atoms with Crippen LogP contribution >= 0.6 is 34.8 Å². The maximum atomic E-state index is 14.1. The van der Waals surface area contributed by atoms with E-state index in [0.717, 1.165) is 12.1 Å². The van der Waals surface area contributed by atoms with Gasteiger partial charge in [-0.05, 0) is 42.8 Å². The highest BCUT2D eigenvalue weighted by Gasteiger charge is 2.56. The van der Waals surface area contributed by atoms with Gasteiger partial charge in [-0.15, -0.1) is 23.2 Å². The molecule has 1 aliphatic rings. The fraction of sp³-hybridized carbons (Fsp3) is 0.176. The van der Waals surface area contributed by atoms with E-state index in [1.807, 2.05) is 0 Å². The monoisotopic (exact) mass is 418 g/mol. The van der Waals surface area contributed by atoms with Gasteiger partial charge in [0.2, 0.25) is 5.91 Å². The summed E-state index contributed by atoms with van der Waals surface area (Å²) in [6.07, 6.45) is 0.259. The lowest BCUT2D eigenvalue weighted by Gasteiger charge is -2.11. The van der Waals surface area contributed by atoms with Crippen molar-refractivity contribution in [2.24, 2.45) is 5.92 Å². The second kappa shape index (κ2) is 7.02. The van der Waals surface area contributed by atoms with Gasteiger partial charge < -0.3 is 10.6 Å². The SMILES string of the molecule is O=C(Nc1ccc(F)cc1)c1cc(NC(=O)C2CC2(Cl)Cl)c(F)cc1Cl. The minimum Gasteiger partial charge on any atom is -0.323 e. The predicted molar refractivity (Wildman–Crippen MR) is 96.9 cm³/mol. The summed E-state index contributed by atoms with van der Waals surface area (Å²) in [5, 5.41) is 4.71. The van der Waals surface area contributed by atoms with Gasteiger partial charge in [0.05, 0.1) is 22.2 Å². The molecule has 26 heavy (non-hydrogen) atoms. The third-order valence-electron chi connectivity index (χ3n) is 3.80. The third kappa shape index (κ3) is 4.09. The summed E-state index contributed by atoms with van der Waals surface area (Å²) >= 11 is 17.6. The van der Waals surface area contributed by atoms with Crippen molar-refractivity contribution in [2.75, 3.05) is 10.6 Å². The van der Waals surface area contributed by atoms with Crippen LogP contribution in [0.5, 0.6) is 0 Å². The maximum absolute atomic E-state index is 14.1. The van der Waals surface area contributed by atoms with Gasteiger partial charge in [0.25, 0.3) is 5.91 Å². The molecule has 2 aromatic carbocycles. The van der Waals surface area contributed by atoms with E-state index in [0.29, 0.717) is 5.69 Å². The van der Waals surface area contributed by atoms with Crippen LogP contribution in [0.15, 0.2) is 36.4 Å². The van der Waals surface area contributed by atoms with Crippen molar-refractivity contribution < 1.29 is 18.4 Å². The molecule has 1 saturated carbocycles. The number of benzene rings is 2. The molecular weight excluding hydrogens is 409 g/mol. The van der Waals surface area contributed by atoms with Crippen molar-refractivity contribution in [1.29, 1.82) is 0 Å². The molecule has 1 fully saturated rings. The lowest BCUT2D eigenvalue weighted by atomic mass is 10.1. The molecule has 4 nitrogen and oxygen atoms in total. The molecule has 0 heterocycles. The van der Waals surface area contributed by atoms with Crippen LogP contribution in [0.25, 0.3) is 0 Å². The summed E-state index contributed by atoms with van der Waals surface area (Å²) in [5.41, 5.74) is 0.0422. The highest BCUT2D eigenvalue weighted by atomic mass is 35.5. The number of anilines is 2. The van der Waals surface area contributed by atoms with E-state index in [9.17, 15) is 18.4 Å². The van der Waals surface area contributed by atoms with Gasteiger partial charge in [0, 0.05) is 5.69 Å². The van der Waals surface area contributed by atoms with Gasteiger partial charge in [-0.2, -0.15) is 0 Å². The average molecular weight is 420 g/mol. The Hall–Kier alpha value is -1.89. The van der Waals surface area contributed by atoms with E-state index >= 15 is 0 Å². The van der Waals surface area contributed by atoms with Crippen molar-refractivity contribution in [2.45, 2.75) is 10.8 Å². The topological polar surface area (TPSA) is 58.2 Å². The number of alkyl halides is 2. The number of hydrogen-bond donors (Lipinski definition) is 2. The summed E-state index contributed by atoms with van der Waals surface area (Å²) in [6.45, 7) is 0. The van der Waals surface area contributed by atoms with Crippen LogP contribution < -0.4 is 10.6 Å². The summed E-state index contributed by atoms with van der Waals surface area (Å²) in [6, 6.07) is 7.10. The molecule has 136 valence electrons.